The number of phenolic OH excluding ortho intramolecular Hbond substituents is 1. The number of ether oxygens (including phenoxy) is 1. The zero-order valence-corrected chi connectivity index (χ0v) is 18.8. The number of Topliss-reactive ketones (excluding diaryl/α,β-unsaturated/α-hetero) is 1. The van der Waals surface area contributed by atoms with Gasteiger partial charge in [0.05, 0.1) is 41.5 Å². The maximum Gasteiger partial charge on any atom is 0.296 e. The molecule has 0 radical (unpaired) electrons. The Kier molecular flexibility index (Phi) is 6.26. The summed E-state index contributed by atoms with van der Waals surface area (Å²) in [6, 6.07) is 13.2. The fourth-order valence-electron chi connectivity index (χ4n) is 3.84. The monoisotopic (exact) mass is 484 g/mol. The van der Waals surface area contributed by atoms with Crippen LogP contribution in [-0.4, -0.2) is 38.9 Å². The van der Waals surface area contributed by atoms with Gasteiger partial charge in [-0.3, -0.25) is 14.6 Å². The lowest BCUT2D eigenvalue weighted by molar-refractivity contribution is -0.140. The third kappa shape index (κ3) is 4.25. The van der Waals surface area contributed by atoms with Crippen molar-refractivity contribution in [1.29, 1.82) is 0 Å². The van der Waals surface area contributed by atoms with Crippen molar-refractivity contribution in [1.82, 2.24) is 9.88 Å². The predicted octanol–water partition coefficient (Wildman–Crippen LogP) is 4.72. The number of nitrogens with zero attached hydrogens (tertiary/aromatic N) is 2. The molecular formula is C24H18Cl2N2O5. The molecule has 1 atom stereocenters. The van der Waals surface area contributed by atoms with E-state index in [0.29, 0.717) is 11.3 Å². The summed E-state index contributed by atoms with van der Waals surface area (Å²) < 4.78 is 5.31. The lowest BCUT2D eigenvalue weighted by Gasteiger charge is -2.25. The van der Waals surface area contributed by atoms with E-state index in [4.69, 9.17) is 27.9 Å². The van der Waals surface area contributed by atoms with Crippen LogP contribution in [0.4, 0.5) is 0 Å². The van der Waals surface area contributed by atoms with Crippen LogP contribution in [0.5, 0.6) is 11.5 Å². The number of aromatic nitrogens is 1. The number of hydrogen-bond donors (Lipinski definition) is 2. The first-order valence-electron chi connectivity index (χ1n) is 9.82. The van der Waals surface area contributed by atoms with Crippen molar-refractivity contribution in [2.24, 2.45) is 0 Å². The van der Waals surface area contributed by atoms with Gasteiger partial charge in [-0.05, 0) is 42.0 Å². The van der Waals surface area contributed by atoms with Gasteiger partial charge in [0.15, 0.2) is 0 Å². The van der Waals surface area contributed by atoms with Crippen molar-refractivity contribution >= 4 is 40.7 Å². The number of pyridine rings is 1. The molecule has 3 aromatic rings. The number of carbonyl (C=O) groups is 2. The number of aliphatic hydroxyl groups is 1. The fourth-order valence-corrected chi connectivity index (χ4v) is 4.41. The zero-order valence-electron chi connectivity index (χ0n) is 17.3. The van der Waals surface area contributed by atoms with Crippen LogP contribution >= 0.6 is 23.2 Å². The number of benzene rings is 2. The Morgan fingerprint density at radius 1 is 1.12 bits per heavy atom. The summed E-state index contributed by atoms with van der Waals surface area (Å²) in [4.78, 5) is 31.8. The number of halogens is 2. The van der Waals surface area contributed by atoms with Gasteiger partial charge >= 0.3 is 0 Å². The molecule has 1 fully saturated rings. The summed E-state index contributed by atoms with van der Waals surface area (Å²) in [7, 11) is 1.36. The standard InChI is InChI=1S/C24H18Cl2N2O5/c1-33-23-17(10-14(25)11-18(23)26)21(30)19-20(13-5-4-7-16(29)9-13)28(24(32)22(19)31)12-15-6-2-3-8-27-15/h2-11,20,29-30H,12H2,1H3/b21-19+. The molecule has 1 unspecified atom stereocenters. The lowest BCUT2D eigenvalue weighted by Crippen LogP contribution is -2.29. The summed E-state index contributed by atoms with van der Waals surface area (Å²) in [5, 5.41) is 21.6. The number of rotatable bonds is 5. The molecule has 7 nitrogen and oxygen atoms in total. The highest BCUT2D eigenvalue weighted by Crippen LogP contribution is 2.44. The van der Waals surface area contributed by atoms with Crippen LogP contribution in [0.3, 0.4) is 0 Å². The minimum Gasteiger partial charge on any atom is -0.508 e. The molecule has 1 aliphatic rings. The molecule has 9 heteroatoms. The molecule has 33 heavy (non-hydrogen) atoms. The van der Waals surface area contributed by atoms with Gasteiger partial charge in [0.25, 0.3) is 11.7 Å². The summed E-state index contributed by atoms with van der Waals surface area (Å²) in [6.45, 7) is 0.00987. The fraction of sp³-hybridized carbons (Fsp3) is 0.125. The van der Waals surface area contributed by atoms with Gasteiger partial charge in [0.2, 0.25) is 0 Å². The van der Waals surface area contributed by atoms with E-state index in [0.717, 1.165) is 0 Å². The molecular weight excluding hydrogens is 467 g/mol. The highest BCUT2D eigenvalue weighted by molar-refractivity contribution is 6.46. The van der Waals surface area contributed by atoms with E-state index in [9.17, 15) is 19.8 Å². The Labute approximate surface area is 199 Å². The molecule has 0 bridgehead atoms. The Balaban J connectivity index is 1.94. The summed E-state index contributed by atoms with van der Waals surface area (Å²) in [5.41, 5.74) is 0.862. The van der Waals surface area contributed by atoms with Crippen molar-refractivity contribution < 1.29 is 24.5 Å². The second-order valence-corrected chi connectivity index (χ2v) is 8.16. The molecule has 0 saturated carbocycles. The van der Waals surface area contributed by atoms with E-state index in [-0.39, 0.29) is 39.2 Å². The van der Waals surface area contributed by atoms with Crippen molar-refractivity contribution in [3.05, 3.63) is 93.2 Å². The van der Waals surface area contributed by atoms with Crippen molar-refractivity contribution in [3.63, 3.8) is 0 Å². The third-order valence-electron chi connectivity index (χ3n) is 5.25. The lowest BCUT2D eigenvalue weighted by atomic mass is 9.94. The Hall–Kier alpha value is -3.55. The van der Waals surface area contributed by atoms with Crippen LogP contribution in [0, 0.1) is 0 Å². The molecule has 1 aromatic heterocycles. The number of carbonyl (C=O) groups excluding carboxylic acids is 2. The minimum absolute atomic E-state index is 0.00987. The second-order valence-electron chi connectivity index (χ2n) is 7.31. The van der Waals surface area contributed by atoms with Gasteiger partial charge in [0, 0.05) is 11.2 Å². The first-order chi connectivity index (χ1) is 15.8. The summed E-state index contributed by atoms with van der Waals surface area (Å²) >= 11 is 12.3. The van der Waals surface area contributed by atoms with E-state index in [2.05, 4.69) is 4.98 Å². The van der Waals surface area contributed by atoms with Crippen LogP contribution in [0.1, 0.15) is 22.9 Å². The normalized spacial score (nSPS) is 17.4. The minimum atomic E-state index is -0.999. The van der Waals surface area contributed by atoms with Gasteiger partial charge in [-0.1, -0.05) is 41.4 Å². The van der Waals surface area contributed by atoms with Crippen molar-refractivity contribution in [2.75, 3.05) is 7.11 Å². The molecule has 2 N–H and O–H groups in total. The second kappa shape index (κ2) is 9.13. The Morgan fingerprint density at radius 3 is 2.58 bits per heavy atom. The van der Waals surface area contributed by atoms with E-state index in [1.54, 1.807) is 36.5 Å². The Bertz CT molecular complexity index is 1280. The molecule has 2 heterocycles. The molecule has 2 aromatic carbocycles. The van der Waals surface area contributed by atoms with Gasteiger partial charge in [-0.2, -0.15) is 0 Å². The number of hydrogen-bond acceptors (Lipinski definition) is 6. The number of methoxy groups -OCH3 is 1. The number of phenols is 1. The quantitative estimate of drug-likeness (QED) is 0.308. The molecule has 0 spiro atoms. The largest absolute Gasteiger partial charge is 0.508 e. The van der Waals surface area contributed by atoms with Crippen LogP contribution in [0.15, 0.2) is 66.4 Å². The van der Waals surface area contributed by atoms with Gasteiger partial charge in [-0.25, -0.2) is 0 Å². The Morgan fingerprint density at radius 2 is 1.91 bits per heavy atom. The van der Waals surface area contributed by atoms with E-state index >= 15 is 0 Å². The van der Waals surface area contributed by atoms with Gasteiger partial charge in [0.1, 0.15) is 17.3 Å². The molecule has 1 amide bonds. The van der Waals surface area contributed by atoms with Gasteiger partial charge < -0.3 is 19.8 Å². The van der Waals surface area contributed by atoms with Gasteiger partial charge in [-0.15, -0.1) is 0 Å². The van der Waals surface area contributed by atoms with Crippen LogP contribution in [-0.2, 0) is 16.1 Å². The molecule has 1 saturated heterocycles. The SMILES string of the molecule is COc1c(Cl)cc(Cl)cc1/C(O)=C1\C(=O)C(=O)N(Cc2ccccn2)C1c1cccc(O)c1. The number of amides is 1. The smallest absolute Gasteiger partial charge is 0.296 e. The van der Waals surface area contributed by atoms with Crippen LogP contribution in [0.2, 0.25) is 10.0 Å². The topological polar surface area (TPSA) is 100.0 Å². The predicted molar refractivity (Wildman–Crippen MR) is 123 cm³/mol. The van der Waals surface area contributed by atoms with Crippen molar-refractivity contribution in [3.8, 4) is 11.5 Å². The first-order valence-corrected chi connectivity index (χ1v) is 10.6. The number of aromatic hydroxyl groups is 1. The summed E-state index contributed by atoms with van der Waals surface area (Å²) in [6.07, 6.45) is 1.58. The number of aliphatic hydroxyl groups excluding tert-OH is 1. The maximum absolute atomic E-state index is 13.2. The van der Waals surface area contributed by atoms with Crippen LogP contribution in [0.25, 0.3) is 5.76 Å². The highest BCUT2D eigenvalue weighted by atomic mass is 35.5. The van der Waals surface area contributed by atoms with Crippen molar-refractivity contribution in [2.45, 2.75) is 12.6 Å². The van der Waals surface area contributed by atoms with Crippen LogP contribution < -0.4 is 4.74 Å². The zero-order chi connectivity index (χ0) is 23.7. The molecule has 4 rings (SSSR count). The highest BCUT2D eigenvalue weighted by Gasteiger charge is 2.46. The number of likely N-dealkylation sites (tertiary alicyclic amines) is 1. The average Bonchev–Trinajstić information content (AvgIpc) is 3.04. The molecule has 1 aliphatic heterocycles. The maximum atomic E-state index is 13.2. The van der Waals surface area contributed by atoms with E-state index in [1.165, 1.54) is 36.3 Å². The van der Waals surface area contributed by atoms with E-state index < -0.39 is 23.5 Å². The average molecular weight is 485 g/mol. The molecule has 0 aliphatic carbocycles. The first kappa shape index (κ1) is 22.6. The summed E-state index contributed by atoms with van der Waals surface area (Å²) in [5.74, 6) is -2.16. The third-order valence-corrected chi connectivity index (χ3v) is 5.75. The number of ketones is 1. The molecule has 168 valence electrons. The van der Waals surface area contributed by atoms with E-state index in [1.807, 2.05) is 0 Å².